The Labute approximate surface area is 212 Å². The van der Waals surface area contributed by atoms with Crippen LogP contribution in [0.1, 0.15) is 41.7 Å². The summed E-state index contributed by atoms with van der Waals surface area (Å²) < 4.78 is 15.7. The smallest absolute Gasteiger partial charge is 0.251 e. The number of aromatic amines is 1. The zero-order valence-corrected chi connectivity index (χ0v) is 20.4. The van der Waals surface area contributed by atoms with E-state index in [0.717, 1.165) is 40.7 Å². The highest BCUT2D eigenvalue weighted by Crippen LogP contribution is 2.32. The zero-order chi connectivity index (χ0) is 25.6. The number of rotatable bonds is 5. The van der Waals surface area contributed by atoms with Crippen molar-refractivity contribution in [2.45, 2.75) is 50.8 Å². The number of aryl methyl sites for hydroxylation is 1. The minimum Gasteiger partial charge on any atom is -0.388 e. The monoisotopic (exact) mass is 498 g/mol. The summed E-state index contributed by atoms with van der Waals surface area (Å²) in [4.78, 5) is 17.5. The van der Waals surface area contributed by atoms with Gasteiger partial charge in [-0.3, -0.25) is 19.6 Å². The number of nitrogens with one attached hydrogen (secondary N) is 2. The van der Waals surface area contributed by atoms with Crippen molar-refractivity contribution in [1.29, 1.82) is 0 Å². The van der Waals surface area contributed by atoms with Crippen LogP contribution in [0.15, 0.2) is 60.9 Å². The van der Waals surface area contributed by atoms with Crippen LogP contribution in [0.2, 0.25) is 0 Å². The van der Waals surface area contributed by atoms with Gasteiger partial charge in [-0.15, -0.1) is 0 Å². The van der Waals surface area contributed by atoms with Gasteiger partial charge in [0.15, 0.2) is 0 Å². The molecule has 0 aliphatic heterocycles. The van der Waals surface area contributed by atoms with Crippen molar-refractivity contribution in [2.75, 3.05) is 0 Å². The first-order chi connectivity index (χ1) is 17.9. The summed E-state index contributed by atoms with van der Waals surface area (Å²) >= 11 is 0. The molecule has 1 aliphatic carbocycles. The number of hydrogen-bond acceptors (Lipinski definition) is 5. The first kappa shape index (κ1) is 23.3. The molecule has 3 N–H and O–H groups in total. The average molecular weight is 499 g/mol. The molecule has 1 fully saturated rings. The number of benzene rings is 2. The molecule has 0 bridgehead atoms. The van der Waals surface area contributed by atoms with Gasteiger partial charge < -0.3 is 10.4 Å². The molecule has 0 radical (unpaired) electrons. The summed E-state index contributed by atoms with van der Waals surface area (Å²) in [6.07, 6.45) is 5.76. The van der Waals surface area contributed by atoms with Gasteiger partial charge in [-0.2, -0.15) is 10.2 Å². The number of halogens is 1. The lowest BCUT2D eigenvalue weighted by Crippen LogP contribution is -2.47. The summed E-state index contributed by atoms with van der Waals surface area (Å²) in [5.41, 5.74) is 3.56. The largest absolute Gasteiger partial charge is 0.388 e. The van der Waals surface area contributed by atoms with Crippen LogP contribution in [0.25, 0.3) is 33.1 Å². The Morgan fingerprint density at radius 3 is 3.00 bits per heavy atom. The van der Waals surface area contributed by atoms with Gasteiger partial charge in [0.1, 0.15) is 11.5 Å². The SMILES string of the molecule is Cc1cc(-c2n[nH]c3ccc(C(=O)N[C@H]4CCC[C@](O)(Cn5ncc6c(F)cccc65)C4)cc23)ccn1. The predicted octanol–water partition coefficient (Wildman–Crippen LogP) is 4.53. The molecule has 37 heavy (non-hydrogen) atoms. The van der Waals surface area contributed by atoms with E-state index in [4.69, 9.17) is 0 Å². The second-order valence-corrected chi connectivity index (χ2v) is 9.98. The van der Waals surface area contributed by atoms with Crippen molar-refractivity contribution in [2.24, 2.45) is 0 Å². The molecule has 188 valence electrons. The highest BCUT2D eigenvalue weighted by atomic mass is 19.1. The summed E-state index contributed by atoms with van der Waals surface area (Å²) in [6, 6.07) is 14.0. The van der Waals surface area contributed by atoms with Crippen LogP contribution >= 0.6 is 0 Å². The third kappa shape index (κ3) is 4.46. The van der Waals surface area contributed by atoms with Crippen LogP contribution in [-0.2, 0) is 6.54 Å². The molecule has 2 atom stereocenters. The van der Waals surface area contributed by atoms with Crippen LogP contribution in [-0.4, -0.2) is 47.6 Å². The maximum absolute atomic E-state index is 14.1. The lowest BCUT2D eigenvalue weighted by atomic mass is 9.81. The van der Waals surface area contributed by atoms with Gasteiger partial charge in [0.25, 0.3) is 5.91 Å². The van der Waals surface area contributed by atoms with E-state index in [1.54, 1.807) is 29.1 Å². The van der Waals surface area contributed by atoms with Crippen LogP contribution in [0.5, 0.6) is 0 Å². The van der Waals surface area contributed by atoms with E-state index in [-0.39, 0.29) is 24.3 Å². The van der Waals surface area contributed by atoms with Crippen LogP contribution in [0, 0.1) is 12.7 Å². The molecule has 9 heteroatoms. The Hall–Kier alpha value is -4.11. The summed E-state index contributed by atoms with van der Waals surface area (Å²) in [6.45, 7) is 2.16. The van der Waals surface area contributed by atoms with E-state index >= 15 is 0 Å². The Kier molecular flexibility index (Phi) is 5.72. The first-order valence-electron chi connectivity index (χ1n) is 12.4. The molecule has 0 spiro atoms. The molecule has 3 heterocycles. The number of aliphatic hydroxyl groups is 1. The standard InChI is InChI=1S/C28H27FN6O2/c1-17-12-18(9-11-30-17)26-21-13-19(7-8-24(21)33-34-26)27(36)32-20-4-3-10-28(37,14-20)16-35-25-6-2-5-23(29)22(25)15-31-35/h2,5-9,11-13,15,20,37H,3-4,10,14,16H2,1H3,(H,32,36)(H,33,34)/t20-,28+/m0/s1. The summed E-state index contributed by atoms with van der Waals surface area (Å²) in [7, 11) is 0. The maximum atomic E-state index is 14.1. The highest BCUT2D eigenvalue weighted by Gasteiger charge is 2.36. The quantitative estimate of drug-likeness (QED) is 0.330. The molecule has 2 aromatic carbocycles. The van der Waals surface area contributed by atoms with Crippen LogP contribution in [0.3, 0.4) is 0 Å². The Morgan fingerprint density at radius 2 is 2.14 bits per heavy atom. The predicted molar refractivity (Wildman–Crippen MR) is 138 cm³/mol. The Bertz CT molecular complexity index is 1630. The molecule has 6 rings (SSSR count). The second kappa shape index (κ2) is 9.08. The van der Waals surface area contributed by atoms with E-state index in [1.165, 1.54) is 12.3 Å². The van der Waals surface area contributed by atoms with Gasteiger partial charge in [-0.05, 0) is 75.1 Å². The summed E-state index contributed by atoms with van der Waals surface area (Å²) in [5, 5.41) is 27.6. The number of hydrogen-bond donors (Lipinski definition) is 3. The zero-order valence-electron chi connectivity index (χ0n) is 20.4. The molecule has 1 amide bonds. The fourth-order valence-electron chi connectivity index (χ4n) is 5.42. The van der Waals surface area contributed by atoms with E-state index in [1.807, 2.05) is 31.2 Å². The molecular formula is C28H27FN6O2. The van der Waals surface area contributed by atoms with Gasteiger partial charge in [0, 0.05) is 34.4 Å². The van der Waals surface area contributed by atoms with E-state index < -0.39 is 5.60 Å². The first-order valence-corrected chi connectivity index (χ1v) is 12.4. The Balaban J connectivity index is 1.20. The van der Waals surface area contributed by atoms with Crippen LogP contribution < -0.4 is 5.32 Å². The van der Waals surface area contributed by atoms with E-state index in [0.29, 0.717) is 29.3 Å². The minimum absolute atomic E-state index is 0.188. The number of carbonyl (C=O) groups is 1. The number of carbonyl (C=O) groups excluding carboxylic acids is 1. The van der Waals surface area contributed by atoms with E-state index in [2.05, 4.69) is 25.6 Å². The van der Waals surface area contributed by atoms with E-state index in [9.17, 15) is 14.3 Å². The molecule has 3 aromatic heterocycles. The van der Waals surface area contributed by atoms with Crippen molar-refractivity contribution in [3.05, 3.63) is 78.0 Å². The van der Waals surface area contributed by atoms with Crippen molar-refractivity contribution in [1.82, 2.24) is 30.3 Å². The third-order valence-corrected chi connectivity index (χ3v) is 7.23. The van der Waals surface area contributed by atoms with Gasteiger partial charge in [-0.1, -0.05) is 6.07 Å². The molecule has 1 saturated carbocycles. The van der Waals surface area contributed by atoms with Gasteiger partial charge in [-0.25, -0.2) is 4.39 Å². The lowest BCUT2D eigenvalue weighted by Gasteiger charge is -2.37. The Morgan fingerprint density at radius 1 is 1.24 bits per heavy atom. The topological polar surface area (TPSA) is 109 Å². The number of fused-ring (bicyclic) bond motifs is 2. The average Bonchev–Trinajstić information content (AvgIpc) is 3.48. The summed E-state index contributed by atoms with van der Waals surface area (Å²) in [5.74, 6) is -0.526. The molecule has 5 aromatic rings. The normalized spacial score (nSPS) is 19.9. The number of amides is 1. The van der Waals surface area contributed by atoms with Crippen molar-refractivity contribution in [3.8, 4) is 11.3 Å². The van der Waals surface area contributed by atoms with Gasteiger partial charge >= 0.3 is 0 Å². The van der Waals surface area contributed by atoms with Crippen molar-refractivity contribution < 1.29 is 14.3 Å². The van der Waals surface area contributed by atoms with Gasteiger partial charge in [0.2, 0.25) is 0 Å². The number of nitrogens with zero attached hydrogens (tertiary/aromatic N) is 4. The maximum Gasteiger partial charge on any atom is 0.251 e. The molecule has 0 unspecified atom stereocenters. The fraction of sp³-hybridized carbons (Fsp3) is 0.286. The number of pyridine rings is 1. The molecular weight excluding hydrogens is 471 g/mol. The second-order valence-electron chi connectivity index (χ2n) is 9.98. The number of H-pyrrole nitrogens is 1. The minimum atomic E-state index is -1.05. The fourth-order valence-corrected chi connectivity index (χ4v) is 5.42. The van der Waals surface area contributed by atoms with Crippen molar-refractivity contribution in [3.63, 3.8) is 0 Å². The third-order valence-electron chi connectivity index (χ3n) is 7.23. The number of aromatic nitrogens is 5. The molecule has 1 aliphatic rings. The lowest BCUT2D eigenvalue weighted by molar-refractivity contribution is -0.0227. The van der Waals surface area contributed by atoms with Gasteiger partial charge in [0.05, 0.1) is 34.8 Å². The van der Waals surface area contributed by atoms with Crippen molar-refractivity contribution >= 4 is 27.7 Å². The highest BCUT2D eigenvalue weighted by molar-refractivity contribution is 6.01. The molecule has 0 saturated heterocycles. The molecule has 8 nitrogen and oxygen atoms in total. The van der Waals surface area contributed by atoms with Crippen LogP contribution in [0.4, 0.5) is 4.39 Å².